The lowest BCUT2D eigenvalue weighted by molar-refractivity contribution is -0.0671. The lowest BCUT2D eigenvalue weighted by Gasteiger charge is -2.42. The second-order valence-corrected chi connectivity index (χ2v) is 5.87. The Kier molecular flexibility index (Phi) is 4.05. The van der Waals surface area contributed by atoms with Crippen LogP contribution in [0.15, 0.2) is 6.33 Å². The molecule has 1 fully saturated rings. The first-order valence-electron chi connectivity index (χ1n) is 7.16. The van der Waals surface area contributed by atoms with E-state index in [2.05, 4.69) is 30.9 Å². The lowest BCUT2D eigenvalue weighted by atomic mass is 9.68. The molecule has 1 aliphatic carbocycles. The smallest absolute Gasteiger partial charge is 0.138 e. The molecule has 1 heterocycles. The molecule has 18 heavy (non-hydrogen) atoms. The van der Waals surface area contributed by atoms with E-state index < -0.39 is 5.60 Å². The minimum atomic E-state index is -0.591. The van der Waals surface area contributed by atoms with Gasteiger partial charge in [0.2, 0.25) is 0 Å². The lowest BCUT2D eigenvalue weighted by Crippen LogP contribution is -2.45. The molecule has 102 valence electrons. The van der Waals surface area contributed by atoms with Gasteiger partial charge in [0.25, 0.3) is 0 Å². The molecular weight excluding hydrogens is 226 g/mol. The van der Waals surface area contributed by atoms with Crippen molar-refractivity contribution < 1.29 is 5.11 Å². The SMILES string of the molecule is CCn1ncnc1CC1(O)CCCCC1C(C)C. The predicted molar refractivity (Wildman–Crippen MR) is 71.1 cm³/mol. The van der Waals surface area contributed by atoms with Gasteiger partial charge in [0, 0.05) is 13.0 Å². The molecule has 0 radical (unpaired) electrons. The first-order chi connectivity index (χ1) is 8.57. The van der Waals surface area contributed by atoms with Gasteiger partial charge in [-0.1, -0.05) is 26.7 Å². The normalized spacial score (nSPS) is 28.8. The minimum absolute atomic E-state index is 0.383. The molecule has 4 heteroatoms. The number of aryl methyl sites for hydroxylation is 1. The first kappa shape index (κ1) is 13.5. The highest BCUT2D eigenvalue weighted by molar-refractivity contribution is 5.00. The molecule has 4 nitrogen and oxygen atoms in total. The average Bonchev–Trinajstić information content (AvgIpc) is 2.75. The van der Waals surface area contributed by atoms with Gasteiger partial charge in [0.1, 0.15) is 12.2 Å². The summed E-state index contributed by atoms with van der Waals surface area (Å²) in [5, 5.41) is 15.2. The van der Waals surface area contributed by atoms with E-state index in [4.69, 9.17) is 0 Å². The van der Waals surface area contributed by atoms with Gasteiger partial charge in [-0.15, -0.1) is 0 Å². The van der Waals surface area contributed by atoms with Crippen molar-refractivity contribution in [3.63, 3.8) is 0 Å². The fraction of sp³-hybridized carbons (Fsp3) is 0.857. The van der Waals surface area contributed by atoms with Crippen molar-refractivity contribution in [3.8, 4) is 0 Å². The Morgan fingerprint density at radius 2 is 2.28 bits per heavy atom. The van der Waals surface area contributed by atoms with Gasteiger partial charge >= 0.3 is 0 Å². The standard InChI is InChI=1S/C14H25N3O/c1-4-17-13(15-10-16-17)9-14(18)8-6-5-7-12(14)11(2)3/h10-12,18H,4-9H2,1-3H3. The molecular formula is C14H25N3O. The highest BCUT2D eigenvalue weighted by Gasteiger charge is 2.41. The van der Waals surface area contributed by atoms with Gasteiger partial charge in [-0.2, -0.15) is 5.10 Å². The number of nitrogens with zero attached hydrogens (tertiary/aromatic N) is 3. The maximum atomic E-state index is 11.0. The van der Waals surface area contributed by atoms with Gasteiger partial charge in [-0.05, 0) is 31.6 Å². The monoisotopic (exact) mass is 251 g/mol. The third-order valence-electron chi connectivity index (χ3n) is 4.33. The molecule has 0 saturated heterocycles. The number of aliphatic hydroxyl groups is 1. The van der Waals surface area contributed by atoms with Gasteiger partial charge in [-0.3, -0.25) is 4.68 Å². The number of rotatable bonds is 4. The molecule has 0 spiro atoms. The molecule has 1 N–H and O–H groups in total. The Labute approximate surface area is 109 Å². The maximum Gasteiger partial charge on any atom is 0.138 e. The van der Waals surface area contributed by atoms with E-state index in [1.54, 1.807) is 6.33 Å². The van der Waals surface area contributed by atoms with Crippen LogP contribution in [0.3, 0.4) is 0 Å². The van der Waals surface area contributed by atoms with Crippen LogP contribution in [0.2, 0.25) is 0 Å². The second kappa shape index (κ2) is 5.39. The van der Waals surface area contributed by atoms with E-state index in [9.17, 15) is 5.11 Å². The van der Waals surface area contributed by atoms with Gasteiger partial charge in [0.15, 0.2) is 0 Å². The molecule has 1 saturated carbocycles. The zero-order valence-corrected chi connectivity index (χ0v) is 11.8. The molecule has 0 aliphatic heterocycles. The first-order valence-corrected chi connectivity index (χ1v) is 7.16. The van der Waals surface area contributed by atoms with Crippen LogP contribution in [-0.4, -0.2) is 25.5 Å². The third kappa shape index (κ3) is 2.58. The quantitative estimate of drug-likeness (QED) is 0.894. The van der Waals surface area contributed by atoms with Crippen LogP contribution >= 0.6 is 0 Å². The summed E-state index contributed by atoms with van der Waals surface area (Å²) in [5.41, 5.74) is -0.591. The fourth-order valence-electron chi connectivity index (χ4n) is 3.39. The minimum Gasteiger partial charge on any atom is -0.389 e. The Balaban J connectivity index is 2.18. The summed E-state index contributed by atoms with van der Waals surface area (Å²) in [6.07, 6.45) is 6.63. The van der Waals surface area contributed by atoms with E-state index in [1.165, 1.54) is 6.42 Å². The van der Waals surface area contributed by atoms with Crippen molar-refractivity contribution in [3.05, 3.63) is 12.2 Å². The molecule has 0 amide bonds. The van der Waals surface area contributed by atoms with Crippen LogP contribution in [0, 0.1) is 11.8 Å². The second-order valence-electron chi connectivity index (χ2n) is 5.87. The van der Waals surface area contributed by atoms with Crippen LogP contribution in [0.25, 0.3) is 0 Å². The van der Waals surface area contributed by atoms with Crippen molar-refractivity contribution in [1.29, 1.82) is 0 Å². The highest BCUT2D eigenvalue weighted by Crippen LogP contribution is 2.40. The zero-order chi connectivity index (χ0) is 13.2. The Morgan fingerprint density at radius 3 is 2.94 bits per heavy atom. The van der Waals surface area contributed by atoms with Gasteiger partial charge in [-0.25, -0.2) is 4.98 Å². The molecule has 1 aliphatic rings. The number of aromatic nitrogens is 3. The topological polar surface area (TPSA) is 50.9 Å². The third-order valence-corrected chi connectivity index (χ3v) is 4.33. The Morgan fingerprint density at radius 1 is 1.50 bits per heavy atom. The van der Waals surface area contributed by atoms with Crippen molar-refractivity contribution >= 4 is 0 Å². The summed E-state index contributed by atoms with van der Waals surface area (Å²) >= 11 is 0. The van der Waals surface area contributed by atoms with Crippen molar-refractivity contribution in [2.75, 3.05) is 0 Å². The van der Waals surface area contributed by atoms with Gasteiger partial charge < -0.3 is 5.11 Å². The van der Waals surface area contributed by atoms with Crippen molar-refractivity contribution in [2.24, 2.45) is 11.8 Å². The maximum absolute atomic E-state index is 11.0. The van der Waals surface area contributed by atoms with Crippen molar-refractivity contribution in [1.82, 2.24) is 14.8 Å². The molecule has 0 aromatic carbocycles. The molecule has 2 atom stereocenters. The summed E-state index contributed by atoms with van der Waals surface area (Å²) in [4.78, 5) is 4.31. The van der Waals surface area contributed by atoms with Crippen LogP contribution in [0.5, 0.6) is 0 Å². The largest absolute Gasteiger partial charge is 0.389 e. The van der Waals surface area contributed by atoms with E-state index in [1.807, 2.05) is 4.68 Å². The Hall–Kier alpha value is -0.900. The summed E-state index contributed by atoms with van der Waals surface area (Å²) < 4.78 is 1.89. The molecule has 1 aromatic heterocycles. The summed E-state index contributed by atoms with van der Waals surface area (Å²) in [6, 6.07) is 0. The predicted octanol–water partition coefficient (Wildman–Crippen LogP) is 2.42. The van der Waals surface area contributed by atoms with E-state index in [-0.39, 0.29) is 0 Å². The molecule has 2 unspecified atom stereocenters. The fourth-order valence-corrected chi connectivity index (χ4v) is 3.39. The summed E-state index contributed by atoms with van der Waals surface area (Å²) in [6.45, 7) is 7.30. The average molecular weight is 251 g/mol. The van der Waals surface area contributed by atoms with E-state index in [0.717, 1.165) is 31.6 Å². The van der Waals surface area contributed by atoms with Crippen LogP contribution in [0.1, 0.15) is 52.3 Å². The summed E-state index contributed by atoms with van der Waals surface area (Å²) in [5.74, 6) is 1.83. The van der Waals surface area contributed by atoms with Crippen LogP contribution in [0.4, 0.5) is 0 Å². The highest BCUT2D eigenvalue weighted by atomic mass is 16.3. The van der Waals surface area contributed by atoms with Crippen molar-refractivity contribution in [2.45, 2.75) is 65.0 Å². The Bertz CT molecular complexity index is 388. The number of hydrogen-bond acceptors (Lipinski definition) is 3. The van der Waals surface area contributed by atoms with E-state index >= 15 is 0 Å². The van der Waals surface area contributed by atoms with Crippen LogP contribution < -0.4 is 0 Å². The molecule has 2 rings (SSSR count). The molecule has 1 aromatic rings. The van der Waals surface area contributed by atoms with Gasteiger partial charge in [0.05, 0.1) is 5.60 Å². The van der Waals surface area contributed by atoms with E-state index in [0.29, 0.717) is 18.3 Å². The summed E-state index contributed by atoms with van der Waals surface area (Å²) in [7, 11) is 0. The van der Waals surface area contributed by atoms with Crippen LogP contribution in [-0.2, 0) is 13.0 Å². The zero-order valence-electron chi connectivity index (χ0n) is 11.8. The number of hydrogen-bond donors (Lipinski definition) is 1. The molecule has 0 bridgehead atoms.